The van der Waals surface area contributed by atoms with Gasteiger partial charge in [-0.15, -0.1) is 0 Å². The summed E-state index contributed by atoms with van der Waals surface area (Å²) in [5.41, 5.74) is -0.254. The van der Waals surface area contributed by atoms with Crippen LogP contribution in [0.1, 0.15) is 11.7 Å². The molecule has 1 N–H and O–H groups in total. The van der Waals surface area contributed by atoms with Crippen molar-refractivity contribution in [3.8, 4) is 5.82 Å². The van der Waals surface area contributed by atoms with Gasteiger partial charge < -0.3 is 5.11 Å². The molecule has 0 fully saturated rings. The van der Waals surface area contributed by atoms with E-state index in [9.17, 15) is 13.2 Å². The zero-order chi connectivity index (χ0) is 12.5. The molecule has 0 amide bonds. The molecule has 90 valence electrons. The van der Waals surface area contributed by atoms with Gasteiger partial charge in [0.05, 0.1) is 0 Å². The smallest absolute Gasteiger partial charge is 0.379 e. The Labute approximate surface area is 94.4 Å². The van der Waals surface area contributed by atoms with Gasteiger partial charge in [-0.3, -0.25) is 4.57 Å². The maximum atomic E-state index is 12.3. The number of halogens is 3. The van der Waals surface area contributed by atoms with Gasteiger partial charge in [0, 0.05) is 18.6 Å². The Morgan fingerprint density at radius 1 is 1.29 bits per heavy atom. The summed E-state index contributed by atoms with van der Waals surface area (Å²) in [5.74, 6) is 0.267. The molecule has 4 nitrogen and oxygen atoms in total. The summed E-state index contributed by atoms with van der Waals surface area (Å²) < 4.78 is 38.4. The second-order valence-electron chi connectivity index (χ2n) is 3.36. The van der Waals surface area contributed by atoms with Gasteiger partial charge in [-0.25, -0.2) is 9.97 Å². The Morgan fingerprint density at radius 2 is 2.06 bits per heavy atom. The van der Waals surface area contributed by atoms with Crippen molar-refractivity contribution in [1.29, 1.82) is 0 Å². The van der Waals surface area contributed by atoms with E-state index in [1.54, 1.807) is 6.20 Å². The molecule has 1 unspecified atom stereocenters. The van der Waals surface area contributed by atoms with Crippen LogP contribution in [0.2, 0.25) is 0 Å². The van der Waals surface area contributed by atoms with Gasteiger partial charge in [-0.05, 0) is 17.7 Å². The summed E-state index contributed by atoms with van der Waals surface area (Å²) >= 11 is 0. The molecule has 2 rings (SSSR count). The summed E-state index contributed by atoms with van der Waals surface area (Å²) in [5, 5.41) is 9.10. The first-order valence-electron chi connectivity index (χ1n) is 4.67. The van der Waals surface area contributed by atoms with Gasteiger partial charge >= 0.3 is 6.18 Å². The largest absolute Gasteiger partial charge is 0.418 e. The molecule has 2 heterocycles. The highest BCUT2D eigenvalue weighted by Gasteiger charge is 2.39. The molecule has 2 aromatic rings. The second kappa shape index (κ2) is 4.17. The van der Waals surface area contributed by atoms with Gasteiger partial charge in [0.1, 0.15) is 12.1 Å². The van der Waals surface area contributed by atoms with Crippen LogP contribution in [0.25, 0.3) is 5.82 Å². The van der Waals surface area contributed by atoms with E-state index < -0.39 is 12.3 Å². The third kappa shape index (κ3) is 2.44. The number of imidazole rings is 1. The van der Waals surface area contributed by atoms with Crippen LogP contribution in [0.5, 0.6) is 0 Å². The lowest BCUT2D eigenvalue weighted by atomic mass is 10.1. The molecule has 0 saturated heterocycles. The molecule has 0 radical (unpaired) electrons. The third-order valence-corrected chi connectivity index (χ3v) is 2.16. The molecule has 0 aliphatic heterocycles. The molecule has 0 aromatic carbocycles. The van der Waals surface area contributed by atoms with Crippen LogP contribution in [0.3, 0.4) is 0 Å². The second-order valence-corrected chi connectivity index (χ2v) is 3.36. The van der Waals surface area contributed by atoms with Gasteiger partial charge in [0.15, 0.2) is 6.10 Å². The van der Waals surface area contributed by atoms with Gasteiger partial charge in [-0.1, -0.05) is 0 Å². The van der Waals surface area contributed by atoms with Crippen molar-refractivity contribution in [2.24, 2.45) is 0 Å². The van der Waals surface area contributed by atoms with E-state index in [1.165, 1.54) is 29.4 Å². The Balaban J connectivity index is 2.36. The van der Waals surface area contributed by atoms with Gasteiger partial charge in [0.25, 0.3) is 0 Å². The predicted molar refractivity (Wildman–Crippen MR) is 52.4 cm³/mol. The van der Waals surface area contributed by atoms with Crippen LogP contribution in [0, 0.1) is 0 Å². The van der Waals surface area contributed by atoms with Crippen molar-refractivity contribution in [3.63, 3.8) is 0 Å². The fourth-order valence-corrected chi connectivity index (χ4v) is 1.33. The quantitative estimate of drug-likeness (QED) is 0.875. The fraction of sp³-hybridized carbons (Fsp3) is 0.200. The number of hydrogen-bond donors (Lipinski definition) is 1. The lowest BCUT2D eigenvalue weighted by Gasteiger charge is -2.15. The normalized spacial score (nSPS) is 13.6. The van der Waals surface area contributed by atoms with Crippen molar-refractivity contribution in [1.82, 2.24) is 14.5 Å². The Kier molecular flexibility index (Phi) is 2.84. The first kappa shape index (κ1) is 11.6. The van der Waals surface area contributed by atoms with Crippen molar-refractivity contribution in [3.05, 3.63) is 42.6 Å². The van der Waals surface area contributed by atoms with Crippen LogP contribution in [0.4, 0.5) is 13.2 Å². The molecular formula is C10H8F3N3O. The maximum Gasteiger partial charge on any atom is 0.418 e. The molecule has 0 aliphatic carbocycles. The average Bonchev–Trinajstić information content (AvgIpc) is 2.80. The van der Waals surface area contributed by atoms with Crippen LogP contribution in [-0.4, -0.2) is 25.8 Å². The van der Waals surface area contributed by atoms with Crippen molar-refractivity contribution < 1.29 is 18.3 Å². The molecule has 2 aromatic heterocycles. The molecule has 0 bridgehead atoms. The summed E-state index contributed by atoms with van der Waals surface area (Å²) in [6.45, 7) is 0. The lowest BCUT2D eigenvalue weighted by Crippen LogP contribution is -2.20. The van der Waals surface area contributed by atoms with Crippen LogP contribution in [0.15, 0.2) is 37.1 Å². The highest BCUT2D eigenvalue weighted by molar-refractivity contribution is 5.29. The summed E-state index contributed by atoms with van der Waals surface area (Å²) in [4.78, 5) is 7.65. The molecule has 0 spiro atoms. The van der Waals surface area contributed by atoms with Crippen molar-refractivity contribution >= 4 is 0 Å². The van der Waals surface area contributed by atoms with Gasteiger partial charge in [0.2, 0.25) is 0 Å². The summed E-state index contributed by atoms with van der Waals surface area (Å²) in [6.07, 6.45) is -1.55. The van der Waals surface area contributed by atoms with Gasteiger partial charge in [-0.2, -0.15) is 13.2 Å². The van der Waals surface area contributed by atoms with Crippen LogP contribution >= 0.6 is 0 Å². The van der Waals surface area contributed by atoms with E-state index in [0.717, 1.165) is 6.07 Å². The number of rotatable bonds is 2. The minimum Gasteiger partial charge on any atom is -0.379 e. The number of aliphatic hydroxyl groups is 1. The standard InChI is InChI=1S/C10H8F3N3O/c11-10(12,13)9(17)7-1-2-15-8(5-7)16-4-3-14-6-16/h1-6,9,17H. The minimum absolute atomic E-state index is 0.254. The molecule has 0 aliphatic rings. The fourth-order valence-electron chi connectivity index (χ4n) is 1.33. The monoisotopic (exact) mass is 243 g/mol. The van der Waals surface area contributed by atoms with Crippen molar-refractivity contribution in [2.75, 3.05) is 0 Å². The molecular weight excluding hydrogens is 235 g/mol. The van der Waals surface area contributed by atoms with Crippen LogP contribution in [-0.2, 0) is 0 Å². The third-order valence-electron chi connectivity index (χ3n) is 2.16. The minimum atomic E-state index is -4.69. The summed E-state index contributed by atoms with van der Waals surface area (Å²) in [6, 6.07) is 2.29. The number of nitrogens with zero attached hydrogens (tertiary/aromatic N) is 3. The van der Waals surface area contributed by atoms with Crippen molar-refractivity contribution in [2.45, 2.75) is 12.3 Å². The first-order chi connectivity index (χ1) is 7.98. The number of alkyl halides is 3. The van der Waals surface area contributed by atoms with E-state index in [1.807, 2.05) is 0 Å². The number of hydrogen-bond acceptors (Lipinski definition) is 3. The van der Waals surface area contributed by atoms with E-state index in [0.29, 0.717) is 0 Å². The van der Waals surface area contributed by atoms with E-state index >= 15 is 0 Å². The first-order valence-corrected chi connectivity index (χ1v) is 4.67. The zero-order valence-corrected chi connectivity index (χ0v) is 8.46. The topological polar surface area (TPSA) is 50.9 Å². The van der Waals surface area contributed by atoms with E-state index in [4.69, 9.17) is 5.11 Å². The van der Waals surface area contributed by atoms with E-state index in [-0.39, 0.29) is 11.4 Å². The SMILES string of the molecule is OC(c1ccnc(-n2ccnc2)c1)C(F)(F)F. The molecule has 1 atom stereocenters. The number of aliphatic hydroxyl groups excluding tert-OH is 1. The zero-order valence-electron chi connectivity index (χ0n) is 8.46. The Morgan fingerprint density at radius 3 is 2.65 bits per heavy atom. The number of aromatic nitrogens is 3. The predicted octanol–water partition coefficient (Wildman–Crippen LogP) is 1.86. The Bertz CT molecular complexity index is 496. The molecule has 0 saturated carbocycles. The highest BCUT2D eigenvalue weighted by Crippen LogP contribution is 2.32. The molecule has 7 heteroatoms. The van der Waals surface area contributed by atoms with E-state index in [2.05, 4.69) is 9.97 Å². The summed E-state index contributed by atoms with van der Waals surface area (Å²) in [7, 11) is 0. The number of pyridine rings is 1. The lowest BCUT2D eigenvalue weighted by molar-refractivity contribution is -0.206. The average molecular weight is 243 g/mol. The highest BCUT2D eigenvalue weighted by atomic mass is 19.4. The van der Waals surface area contributed by atoms with Crippen LogP contribution < -0.4 is 0 Å². The Hall–Kier alpha value is -1.89. The maximum absolute atomic E-state index is 12.3. The molecule has 17 heavy (non-hydrogen) atoms.